The number of methoxy groups -OCH3 is 4. The van der Waals surface area contributed by atoms with Crippen LogP contribution in [0.4, 0.5) is 0 Å². The summed E-state index contributed by atoms with van der Waals surface area (Å²) in [7, 11) is 6.25. The Kier molecular flexibility index (Phi) is 11.2. The van der Waals surface area contributed by atoms with Gasteiger partial charge in [-0.3, -0.25) is 0 Å². The van der Waals surface area contributed by atoms with E-state index in [1.807, 2.05) is 0 Å². The smallest absolute Gasteiger partial charge is 0.0634 e. The van der Waals surface area contributed by atoms with E-state index in [9.17, 15) is 10.2 Å². The van der Waals surface area contributed by atoms with Crippen molar-refractivity contribution in [2.24, 2.45) is 10.8 Å². The van der Waals surface area contributed by atoms with Crippen molar-refractivity contribution in [2.75, 3.05) is 81.3 Å². The first-order chi connectivity index (χ1) is 10.1. The normalized spacial score (nSPS) is 12.9. The minimum absolute atomic E-state index is 0.116. The van der Waals surface area contributed by atoms with E-state index in [0.717, 1.165) is 0 Å². The molecule has 0 aromatic rings. The van der Waals surface area contributed by atoms with Gasteiger partial charge >= 0.3 is 0 Å². The van der Waals surface area contributed by atoms with Gasteiger partial charge in [0.25, 0.3) is 0 Å². The first-order valence-electron chi connectivity index (χ1n) is 6.83. The van der Waals surface area contributed by atoms with Crippen molar-refractivity contribution in [3.63, 3.8) is 0 Å². The van der Waals surface area contributed by atoms with Gasteiger partial charge in [-0.05, 0) is 0 Å². The molecule has 0 radical (unpaired) electrons. The first kappa shape index (κ1) is 20.7. The van der Waals surface area contributed by atoms with Crippen LogP contribution in [0.5, 0.6) is 0 Å². The van der Waals surface area contributed by atoms with Crippen molar-refractivity contribution >= 4 is 0 Å². The second-order valence-electron chi connectivity index (χ2n) is 5.54. The van der Waals surface area contributed by atoms with Crippen LogP contribution in [0.2, 0.25) is 0 Å². The number of aliphatic hydroxyl groups is 2. The maximum absolute atomic E-state index is 9.59. The Labute approximate surface area is 127 Å². The third-order valence-corrected chi connectivity index (χ3v) is 3.29. The van der Waals surface area contributed by atoms with Gasteiger partial charge in [0.05, 0.1) is 63.7 Å². The third-order valence-electron chi connectivity index (χ3n) is 3.29. The lowest BCUT2D eigenvalue weighted by atomic mass is 9.90. The van der Waals surface area contributed by atoms with E-state index in [1.165, 1.54) is 0 Å². The maximum Gasteiger partial charge on any atom is 0.0634 e. The van der Waals surface area contributed by atoms with E-state index in [2.05, 4.69) is 0 Å². The van der Waals surface area contributed by atoms with Crippen LogP contribution >= 0.6 is 0 Å². The molecule has 7 nitrogen and oxygen atoms in total. The molecule has 0 aliphatic rings. The summed E-state index contributed by atoms with van der Waals surface area (Å²) in [6.07, 6.45) is 0. The summed E-state index contributed by atoms with van der Waals surface area (Å²) >= 11 is 0. The quantitative estimate of drug-likeness (QED) is 0.449. The molecule has 0 aromatic carbocycles. The van der Waals surface area contributed by atoms with Crippen LogP contribution in [-0.4, -0.2) is 91.5 Å². The van der Waals surface area contributed by atoms with Gasteiger partial charge in [-0.1, -0.05) is 0 Å². The molecule has 0 saturated heterocycles. The van der Waals surface area contributed by atoms with Crippen molar-refractivity contribution in [3.8, 4) is 0 Å². The van der Waals surface area contributed by atoms with Gasteiger partial charge < -0.3 is 33.9 Å². The van der Waals surface area contributed by atoms with E-state index in [0.29, 0.717) is 26.4 Å². The predicted molar refractivity (Wildman–Crippen MR) is 77.4 cm³/mol. The van der Waals surface area contributed by atoms with E-state index >= 15 is 0 Å². The van der Waals surface area contributed by atoms with Crippen LogP contribution < -0.4 is 0 Å². The Balaban J connectivity index is 4.62. The van der Waals surface area contributed by atoms with Gasteiger partial charge in [0.2, 0.25) is 0 Å². The lowest BCUT2D eigenvalue weighted by Gasteiger charge is -2.34. The molecular weight excluding hydrogens is 280 g/mol. The average Bonchev–Trinajstić information content (AvgIpc) is 2.48. The topological polar surface area (TPSA) is 86.6 Å². The predicted octanol–water partition coefficient (Wildman–Crippen LogP) is -0.454. The SMILES string of the molecule is COCC(CO)(COC)COCC(CO)(COC)COC. The zero-order chi connectivity index (χ0) is 16.2. The molecule has 7 heteroatoms. The summed E-state index contributed by atoms with van der Waals surface area (Å²) in [4.78, 5) is 0. The van der Waals surface area contributed by atoms with Crippen molar-refractivity contribution in [2.45, 2.75) is 0 Å². The van der Waals surface area contributed by atoms with Crippen LogP contribution in [0, 0.1) is 10.8 Å². The van der Waals surface area contributed by atoms with Crippen LogP contribution in [0.3, 0.4) is 0 Å². The molecule has 128 valence electrons. The summed E-state index contributed by atoms with van der Waals surface area (Å²) in [5.41, 5.74) is -1.24. The Bertz CT molecular complexity index is 211. The highest BCUT2D eigenvalue weighted by Crippen LogP contribution is 2.22. The minimum Gasteiger partial charge on any atom is -0.396 e. The van der Waals surface area contributed by atoms with Gasteiger partial charge in [-0.15, -0.1) is 0 Å². The molecular formula is C14H30O7. The molecule has 0 aromatic heterocycles. The second-order valence-corrected chi connectivity index (χ2v) is 5.54. The lowest BCUT2D eigenvalue weighted by Crippen LogP contribution is -2.44. The summed E-state index contributed by atoms with van der Waals surface area (Å²) in [6, 6.07) is 0. The molecule has 0 heterocycles. The van der Waals surface area contributed by atoms with Gasteiger partial charge in [-0.25, -0.2) is 0 Å². The molecule has 0 unspecified atom stereocenters. The Morgan fingerprint density at radius 2 is 0.857 bits per heavy atom. The monoisotopic (exact) mass is 310 g/mol. The summed E-state index contributed by atoms with van der Waals surface area (Å²) in [5, 5.41) is 19.2. The zero-order valence-electron chi connectivity index (χ0n) is 13.6. The number of rotatable bonds is 14. The van der Waals surface area contributed by atoms with Crippen molar-refractivity contribution in [1.29, 1.82) is 0 Å². The molecule has 0 rings (SSSR count). The Hall–Kier alpha value is -0.280. The highest BCUT2D eigenvalue weighted by atomic mass is 16.5. The second kappa shape index (κ2) is 11.3. The number of ether oxygens (including phenoxy) is 5. The average molecular weight is 310 g/mol. The molecule has 0 aliphatic carbocycles. The van der Waals surface area contributed by atoms with Crippen LogP contribution in [0.1, 0.15) is 0 Å². The van der Waals surface area contributed by atoms with E-state index in [4.69, 9.17) is 23.7 Å². The summed E-state index contributed by atoms with van der Waals surface area (Å²) in [6.45, 7) is 1.54. The number of aliphatic hydroxyl groups excluding tert-OH is 2. The molecule has 0 bridgehead atoms. The number of hydrogen-bond acceptors (Lipinski definition) is 7. The molecule has 0 spiro atoms. The van der Waals surface area contributed by atoms with Gasteiger partial charge in [-0.2, -0.15) is 0 Å². The van der Waals surface area contributed by atoms with Gasteiger partial charge in [0.1, 0.15) is 0 Å². The summed E-state index contributed by atoms with van der Waals surface area (Å²) in [5.74, 6) is 0. The van der Waals surface area contributed by atoms with Crippen molar-refractivity contribution in [3.05, 3.63) is 0 Å². The van der Waals surface area contributed by atoms with E-state index < -0.39 is 10.8 Å². The highest BCUT2D eigenvalue weighted by molar-refractivity contribution is 4.81. The Morgan fingerprint density at radius 3 is 1.05 bits per heavy atom. The lowest BCUT2D eigenvalue weighted by molar-refractivity contribution is -0.118. The largest absolute Gasteiger partial charge is 0.396 e. The first-order valence-corrected chi connectivity index (χ1v) is 6.83. The summed E-state index contributed by atoms with van der Waals surface area (Å²) < 4.78 is 26.3. The molecule has 0 atom stereocenters. The fourth-order valence-corrected chi connectivity index (χ4v) is 2.23. The zero-order valence-corrected chi connectivity index (χ0v) is 13.6. The van der Waals surface area contributed by atoms with Crippen molar-refractivity contribution < 1.29 is 33.9 Å². The molecule has 2 N–H and O–H groups in total. The van der Waals surface area contributed by atoms with Crippen LogP contribution in [-0.2, 0) is 23.7 Å². The molecule has 21 heavy (non-hydrogen) atoms. The molecule has 0 amide bonds. The van der Waals surface area contributed by atoms with E-state index in [1.54, 1.807) is 28.4 Å². The number of hydrogen-bond donors (Lipinski definition) is 2. The van der Waals surface area contributed by atoms with Crippen molar-refractivity contribution in [1.82, 2.24) is 0 Å². The van der Waals surface area contributed by atoms with Gasteiger partial charge in [0.15, 0.2) is 0 Å². The maximum atomic E-state index is 9.59. The highest BCUT2D eigenvalue weighted by Gasteiger charge is 2.34. The van der Waals surface area contributed by atoms with Gasteiger partial charge in [0, 0.05) is 28.4 Å². The Morgan fingerprint density at radius 1 is 0.571 bits per heavy atom. The fraction of sp³-hybridized carbons (Fsp3) is 1.00. The molecule has 0 fully saturated rings. The fourth-order valence-electron chi connectivity index (χ4n) is 2.23. The molecule has 0 saturated carbocycles. The standard InChI is InChI=1S/C14H30O7/c1-17-7-13(5-15,8-18-2)11-21-12-14(6-16,9-19-3)10-20-4/h15-16H,5-12H2,1-4H3. The van der Waals surface area contributed by atoms with E-state index in [-0.39, 0.29) is 26.4 Å². The van der Waals surface area contributed by atoms with Crippen LogP contribution in [0.15, 0.2) is 0 Å². The third kappa shape index (κ3) is 7.01. The van der Waals surface area contributed by atoms with Crippen LogP contribution in [0.25, 0.3) is 0 Å². The minimum atomic E-state index is -0.620. The molecule has 0 aliphatic heterocycles.